The molecular formula is C46H91NO11S. The van der Waals surface area contributed by atoms with Gasteiger partial charge in [-0.1, -0.05) is 213 Å². The standard InChI is InChI=1S/C46H91NO11S/c1-3-5-7-9-11-13-15-17-19-20-22-23-25-27-29-31-33-35-40(49)39(38-56-46-44(52)45(58-59(53,54)55)43(51)41(37-48)57-46)47-42(50)36-34-32-30-28-26-24-21-18-16-14-12-10-8-6-4-2/h39-41,43-46,48-49,51-52H,3-38H2,1-2H3,(H,47,50)(H,53,54,55). The number of rotatable bonds is 42. The van der Waals surface area contributed by atoms with Crippen molar-refractivity contribution >= 4 is 16.3 Å². The van der Waals surface area contributed by atoms with Gasteiger partial charge in [0.25, 0.3) is 0 Å². The zero-order valence-corrected chi connectivity index (χ0v) is 38.4. The van der Waals surface area contributed by atoms with Crippen LogP contribution in [0.5, 0.6) is 0 Å². The number of nitrogens with one attached hydrogen (secondary N) is 1. The van der Waals surface area contributed by atoms with E-state index in [2.05, 4.69) is 23.3 Å². The zero-order chi connectivity index (χ0) is 43.4. The first-order valence-electron chi connectivity index (χ1n) is 24.4. The minimum Gasteiger partial charge on any atom is -0.394 e. The van der Waals surface area contributed by atoms with E-state index in [4.69, 9.17) is 9.47 Å². The molecule has 1 saturated heterocycles. The Bertz CT molecular complexity index is 1070. The molecule has 0 bridgehead atoms. The number of carbonyl (C=O) groups is 1. The fraction of sp³-hybridized carbons (Fsp3) is 0.978. The van der Waals surface area contributed by atoms with Crippen LogP contribution < -0.4 is 5.32 Å². The van der Waals surface area contributed by atoms with Gasteiger partial charge in [0.15, 0.2) is 6.29 Å². The maximum Gasteiger partial charge on any atom is 0.397 e. The number of carbonyl (C=O) groups excluding carboxylic acids is 1. The second-order valence-electron chi connectivity index (χ2n) is 17.4. The highest BCUT2D eigenvalue weighted by atomic mass is 32.3. The molecule has 0 aromatic heterocycles. The van der Waals surface area contributed by atoms with Crippen molar-refractivity contribution in [2.45, 2.75) is 275 Å². The molecule has 1 aliphatic rings. The van der Waals surface area contributed by atoms with Gasteiger partial charge in [0.2, 0.25) is 5.91 Å². The molecule has 13 heteroatoms. The summed E-state index contributed by atoms with van der Waals surface area (Å²) in [6.45, 7) is 3.47. The lowest BCUT2D eigenvalue weighted by atomic mass is 9.99. The number of unbranched alkanes of at least 4 members (excludes halogenated alkanes) is 30. The molecule has 1 amide bonds. The molecule has 59 heavy (non-hydrogen) atoms. The summed E-state index contributed by atoms with van der Waals surface area (Å²) in [7, 11) is -5.07. The predicted octanol–water partition coefficient (Wildman–Crippen LogP) is 9.78. The van der Waals surface area contributed by atoms with E-state index in [1.165, 1.54) is 154 Å². The van der Waals surface area contributed by atoms with Gasteiger partial charge in [-0.15, -0.1) is 0 Å². The molecule has 12 nitrogen and oxygen atoms in total. The van der Waals surface area contributed by atoms with Crippen LogP contribution in [-0.4, -0.2) is 95.4 Å². The fourth-order valence-corrected chi connectivity index (χ4v) is 8.62. The highest BCUT2D eigenvalue weighted by molar-refractivity contribution is 7.80. The SMILES string of the molecule is CCCCCCCCCCCCCCCCCCCC(O)C(COC1OC(CO)C(O)C(OS(=O)(=O)O)C1O)NC(=O)CCCCCCCCCCCCCCCCC. The summed E-state index contributed by atoms with van der Waals surface area (Å²) < 4.78 is 47.7. The summed E-state index contributed by atoms with van der Waals surface area (Å²) in [5.74, 6) is -0.226. The molecule has 1 rings (SSSR count). The van der Waals surface area contributed by atoms with Gasteiger partial charge in [-0.05, 0) is 12.8 Å². The zero-order valence-electron chi connectivity index (χ0n) is 37.6. The Balaban J connectivity index is 2.46. The second kappa shape index (κ2) is 37.6. The molecular weight excluding hydrogens is 775 g/mol. The molecule has 0 spiro atoms. The minimum absolute atomic E-state index is 0.226. The first-order valence-corrected chi connectivity index (χ1v) is 25.8. The average molecular weight is 866 g/mol. The van der Waals surface area contributed by atoms with E-state index in [9.17, 15) is 38.2 Å². The van der Waals surface area contributed by atoms with E-state index in [0.717, 1.165) is 51.4 Å². The minimum atomic E-state index is -5.07. The molecule has 1 aliphatic heterocycles. The first kappa shape index (κ1) is 56.1. The Morgan fingerprint density at radius 1 is 0.610 bits per heavy atom. The van der Waals surface area contributed by atoms with Crippen LogP contribution in [0.3, 0.4) is 0 Å². The van der Waals surface area contributed by atoms with Crippen LogP contribution in [-0.2, 0) is 28.9 Å². The summed E-state index contributed by atoms with van der Waals surface area (Å²) in [4.78, 5) is 13.1. The molecule has 7 atom stereocenters. The van der Waals surface area contributed by atoms with Gasteiger partial charge in [-0.3, -0.25) is 9.35 Å². The number of hydrogen-bond donors (Lipinski definition) is 6. The molecule has 352 valence electrons. The van der Waals surface area contributed by atoms with Crippen LogP contribution in [0.2, 0.25) is 0 Å². The summed E-state index contributed by atoms with van der Waals surface area (Å²) >= 11 is 0. The quantitative estimate of drug-likeness (QED) is 0.0253. The average Bonchev–Trinajstić information content (AvgIpc) is 3.20. The van der Waals surface area contributed by atoms with Gasteiger partial charge < -0.3 is 35.2 Å². The Kier molecular flexibility index (Phi) is 35.8. The lowest BCUT2D eigenvalue weighted by molar-refractivity contribution is -0.298. The third kappa shape index (κ3) is 30.7. The van der Waals surface area contributed by atoms with E-state index in [1.807, 2.05) is 0 Å². The molecule has 1 heterocycles. The van der Waals surface area contributed by atoms with Crippen LogP contribution in [0.4, 0.5) is 0 Å². The number of amides is 1. The number of hydrogen-bond acceptors (Lipinski definition) is 10. The van der Waals surface area contributed by atoms with E-state index >= 15 is 0 Å². The molecule has 0 aromatic rings. The molecule has 0 radical (unpaired) electrons. The maximum atomic E-state index is 13.1. The highest BCUT2D eigenvalue weighted by Gasteiger charge is 2.48. The summed E-state index contributed by atoms with van der Waals surface area (Å²) in [6.07, 6.45) is 31.0. The fourth-order valence-electron chi connectivity index (χ4n) is 8.11. The molecule has 0 aliphatic carbocycles. The summed E-state index contributed by atoms with van der Waals surface area (Å²) in [6, 6.07) is -0.851. The Morgan fingerprint density at radius 2 is 0.983 bits per heavy atom. The smallest absolute Gasteiger partial charge is 0.394 e. The van der Waals surface area contributed by atoms with Crippen molar-refractivity contribution in [2.24, 2.45) is 0 Å². The molecule has 6 N–H and O–H groups in total. The molecule has 0 aromatic carbocycles. The lowest BCUT2D eigenvalue weighted by Gasteiger charge is -2.41. The molecule has 0 saturated carbocycles. The van der Waals surface area contributed by atoms with Gasteiger partial charge in [-0.2, -0.15) is 8.42 Å². The van der Waals surface area contributed by atoms with Crippen molar-refractivity contribution in [1.82, 2.24) is 5.32 Å². The van der Waals surface area contributed by atoms with E-state index < -0.39 is 59.9 Å². The van der Waals surface area contributed by atoms with Crippen LogP contribution in [0, 0.1) is 0 Å². The van der Waals surface area contributed by atoms with E-state index in [1.54, 1.807) is 0 Å². The van der Waals surface area contributed by atoms with Crippen molar-refractivity contribution in [1.29, 1.82) is 0 Å². The van der Waals surface area contributed by atoms with Crippen LogP contribution in [0.15, 0.2) is 0 Å². The van der Waals surface area contributed by atoms with Crippen LogP contribution in [0.25, 0.3) is 0 Å². The van der Waals surface area contributed by atoms with Gasteiger partial charge in [0.1, 0.15) is 24.4 Å². The number of ether oxygens (including phenoxy) is 2. The topological polar surface area (TPSA) is 192 Å². The second-order valence-corrected chi connectivity index (χ2v) is 18.5. The van der Waals surface area contributed by atoms with Crippen molar-refractivity contribution < 1.29 is 51.8 Å². The third-order valence-electron chi connectivity index (χ3n) is 11.9. The van der Waals surface area contributed by atoms with Crippen molar-refractivity contribution in [3.8, 4) is 0 Å². The molecule has 1 fully saturated rings. The first-order chi connectivity index (χ1) is 28.5. The maximum absolute atomic E-state index is 13.1. The van der Waals surface area contributed by atoms with E-state index in [-0.39, 0.29) is 12.5 Å². The van der Waals surface area contributed by atoms with Crippen molar-refractivity contribution in [3.63, 3.8) is 0 Å². The number of aliphatic hydroxyl groups excluding tert-OH is 4. The normalized spacial score (nSPS) is 20.8. The highest BCUT2D eigenvalue weighted by Crippen LogP contribution is 2.26. The summed E-state index contributed by atoms with van der Waals surface area (Å²) in [5, 5.41) is 44.9. The Hall–Kier alpha value is -0.900. The third-order valence-corrected chi connectivity index (χ3v) is 12.4. The largest absolute Gasteiger partial charge is 0.397 e. The Morgan fingerprint density at radius 3 is 1.36 bits per heavy atom. The van der Waals surface area contributed by atoms with Gasteiger partial charge in [0.05, 0.1) is 25.4 Å². The Labute approximate surface area is 360 Å². The van der Waals surface area contributed by atoms with Crippen molar-refractivity contribution in [2.75, 3.05) is 13.2 Å². The molecule has 7 unspecified atom stereocenters. The van der Waals surface area contributed by atoms with Gasteiger partial charge >= 0.3 is 10.4 Å². The van der Waals surface area contributed by atoms with E-state index in [0.29, 0.717) is 12.8 Å². The van der Waals surface area contributed by atoms with Gasteiger partial charge in [0, 0.05) is 6.42 Å². The lowest BCUT2D eigenvalue weighted by Crippen LogP contribution is -2.61. The predicted molar refractivity (Wildman–Crippen MR) is 236 cm³/mol. The van der Waals surface area contributed by atoms with Crippen LogP contribution in [0.1, 0.15) is 232 Å². The van der Waals surface area contributed by atoms with Crippen molar-refractivity contribution in [3.05, 3.63) is 0 Å². The monoisotopic (exact) mass is 866 g/mol. The van der Waals surface area contributed by atoms with Gasteiger partial charge in [-0.25, -0.2) is 4.18 Å². The summed E-state index contributed by atoms with van der Waals surface area (Å²) in [5.41, 5.74) is 0. The van der Waals surface area contributed by atoms with Crippen LogP contribution >= 0.6 is 0 Å². The number of aliphatic hydroxyl groups is 4.